The Balaban J connectivity index is 2.85. The van der Waals surface area contributed by atoms with Gasteiger partial charge in [-0.25, -0.2) is 4.79 Å². The number of amides is 1. The summed E-state index contributed by atoms with van der Waals surface area (Å²) in [6.45, 7) is 5.15. The fraction of sp³-hybridized carbons (Fsp3) is 0.429. The molecule has 0 saturated carbocycles. The van der Waals surface area contributed by atoms with E-state index in [1.54, 1.807) is 32.9 Å². The van der Waals surface area contributed by atoms with Gasteiger partial charge in [0, 0.05) is 0 Å². The van der Waals surface area contributed by atoms with E-state index in [1.165, 1.54) is 12.1 Å². The van der Waals surface area contributed by atoms with E-state index in [9.17, 15) is 14.7 Å². The first kappa shape index (κ1) is 15.8. The Bertz CT molecular complexity index is 493. The lowest BCUT2D eigenvalue weighted by molar-refractivity contribution is -0.137. The topological polar surface area (TPSA) is 95.9 Å². The van der Waals surface area contributed by atoms with Crippen LogP contribution in [-0.2, 0) is 9.53 Å². The van der Waals surface area contributed by atoms with Crippen molar-refractivity contribution in [1.29, 1.82) is 0 Å². The van der Waals surface area contributed by atoms with Crippen molar-refractivity contribution in [2.75, 3.05) is 0 Å². The monoisotopic (exact) mass is 281 g/mol. The van der Waals surface area contributed by atoms with Crippen LogP contribution in [0.25, 0.3) is 0 Å². The lowest BCUT2D eigenvalue weighted by atomic mass is 10.0. The van der Waals surface area contributed by atoms with Crippen LogP contribution in [0.4, 0.5) is 4.79 Å². The van der Waals surface area contributed by atoms with E-state index in [4.69, 9.17) is 9.84 Å². The normalized spacial score (nSPS) is 12.6. The number of ether oxygens (including phenoxy) is 1. The van der Waals surface area contributed by atoms with Crippen molar-refractivity contribution in [1.82, 2.24) is 5.32 Å². The van der Waals surface area contributed by atoms with Crippen LogP contribution in [0.5, 0.6) is 5.75 Å². The van der Waals surface area contributed by atoms with Gasteiger partial charge in [-0.3, -0.25) is 4.79 Å². The number of hydrogen-bond acceptors (Lipinski definition) is 4. The van der Waals surface area contributed by atoms with Gasteiger partial charge in [0.25, 0.3) is 0 Å². The molecule has 1 aromatic carbocycles. The molecule has 3 N–H and O–H groups in total. The van der Waals surface area contributed by atoms with Crippen molar-refractivity contribution in [2.24, 2.45) is 0 Å². The molecule has 0 aliphatic rings. The molecule has 1 unspecified atom stereocenters. The molecule has 0 aromatic heterocycles. The number of aliphatic carboxylic acids is 1. The Morgan fingerprint density at radius 1 is 1.35 bits per heavy atom. The minimum absolute atomic E-state index is 0.00359. The fourth-order valence-electron chi connectivity index (χ4n) is 1.62. The number of benzene rings is 1. The third-order valence-corrected chi connectivity index (χ3v) is 2.34. The van der Waals surface area contributed by atoms with E-state index in [0.717, 1.165) is 0 Å². The van der Waals surface area contributed by atoms with Gasteiger partial charge in [-0.1, -0.05) is 12.1 Å². The van der Waals surface area contributed by atoms with Crippen LogP contribution in [0.3, 0.4) is 0 Å². The molecule has 6 nitrogen and oxygen atoms in total. The number of nitrogens with one attached hydrogen (secondary N) is 1. The molecule has 0 fully saturated rings. The number of aromatic hydroxyl groups is 1. The molecule has 110 valence electrons. The summed E-state index contributed by atoms with van der Waals surface area (Å²) in [6.07, 6.45) is -1.00. The molecule has 0 aliphatic carbocycles. The number of phenols is 1. The van der Waals surface area contributed by atoms with Gasteiger partial charge in [0.15, 0.2) is 0 Å². The van der Waals surface area contributed by atoms with E-state index in [-0.39, 0.29) is 12.2 Å². The molecule has 1 rings (SSSR count). The van der Waals surface area contributed by atoms with Gasteiger partial charge in [-0.15, -0.1) is 0 Å². The molecule has 6 heteroatoms. The number of carbonyl (C=O) groups is 2. The average Bonchev–Trinajstić information content (AvgIpc) is 2.24. The smallest absolute Gasteiger partial charge is 0.408 e. The summed E-state index contributed by atoms with van der Waals surface area (Å²) < 4.78 is 5.10. The summed E-state index contributed by atoms with van der Waals surface area (Å²) in [4.78, 5) is 22.6. The minimum Gasteiger partial charge on any atom is -0.508 e. The highest BCUT2D eigenvalue weighted by Crippen LogP contribution is 2.21. The third-order valence-electron chi connectivity index (χ3n) is 2.34. The molecule has 0 bridgehead atoms. The first-order valence-corrected chi connectivity index (χ1v) is 6.17. The van der Waals surface area contributed by atoms with Crippen LogP contribution in [0.15, 0.2) is 24.3 Å². The third kappa shape index (κ3) is 5.60. The van der Waals surface area contributed by atoms with Gasteiger partial charge in [-0.05, 0) is 38.5 Å². The van der Waals surface area contributed by atoms with E-state index < -0.39 is 23.7 Å². The highest BCUT2D eigenvalue weighted by molar-refractivity contribution is 5.72. The molecule has 1 aromatic rings. The number of alkyl carbamates (subject to hydrolysis) is 1. The predicted molar refractivity (Wildman–Crippen MR) is 72.5 cm³/mol. The molecule has 0 heterocycles. The van der Waals surface area contributed by atoms with Crippen LogP contribution < -0.4 is 5.32 Å². The van der Waals surface area contributed by atoms with Gasteiger partial charge in [0.2, 0.25) is 0 Å². The second kappa shape index (κ2) is 6.27. The molecule has 0 spiro atoms. The molecule has 0 radical (unpaired) electrons. The zero-order valence-electron chi connectivity index (χ0n) is 11.7. The average molecular weight is 281 g/mol. The standard InChI is InChI=1S/C14H19NO5/c1-14(2,3)20-13(19)15-11(8-12(17)18)9-5-4-6-10(16)7-9/h4-7,11,16H,8H2,1-3H3,(H,15,19)(H,17,18). The number of carboxylic acid groups (broad SMARTS) is 1. The van der Waals surface area contributed by atoms with Gasteiger partial charge >= 0.3 is 12.1 Å². The Morgan fingerprint density at radius 2 is 2.00 bits per heavy atom. The quantitative estimate of drug-likeness (QED) is 0.787. The van der Waals surface area contributed by atoms with E-state index in [1.807, 2.05) is 0 Å². The van der Waals surface area contributed by atoms with Crippen molar-refractivity contribution in [3.05, 3.63) is 29.8 Å². The largest absolute Gasteiger partial charge is 0.508 e. The fourth-order valence-corrected chi connectivity index (χ4v) is 1.62. The van der Waals surface area contributed by atoms with E-state index in [0.29, 0.717) is 5.56 Å². The lowest BCUT2D eigenvalue weighted by Crippen LogP contribution is -2.35. The number of phenolic OH excluding ortho intramolecular Hbond substituents is 1. The molecule has 1 atom stereocenters. The van der Waals surface area contributed by atoms with Crippen molar-refractivity contribution in [3.8, 4) is 5.75 Å². The maximum Gasteiger partial charge on any atom is 0.408 e. The Kier molecular flexibility index (Phi) is 4.96. The summed E-state index contributed by atoms with van der Waals surface area (Å²) in [5, 5.41) is 20.8. The van der Waals surface area contributed by atoms with Gasteiger partial charge in [0.1, 0.15) is 11.4 Å². The van der Waals surface area contributed by atoms with Gasteiger partial charge in [0.05, 0.1) is 12.5 Å². The predicted octanol–water partition coefficient (Wildman–Crippen LogP) is 2.43. The van der Waals surface area contributed by atoms with Gasteiger partial charge in [-0.2, -0.15) is 0 Å². The van der Waals surface area contributed by atoms with Crippen LogP contribution in [0.2, 0.25) is 0 Å². The summed E-state index contributed by atoms with van der Waals surface area (Å²) in [5.41, 5.74) is -0.172. The second-order valence-electron chi connectivity index (χ2n) is 5.39. The van der Waals surface area contributed by atoms with E-state index in [2.05, 4.69) is 5.32 Å². The Labute approximate surface area is 117 Å². The molecule has 20 heavy (non-hydrogen) atoms. The van der Waals surface area contributed by atoms with Crippen molar-refractivity contribution in [3.63, 3.8) is 0 Å². The molecule has 0 saturated heterocycles. The Hall–Kier alpha value is -2.24. The summed E-state index contributed by atoms with van der Waals surface area (Å²) in [7, 11) is 0. The number of carbonyl (C=O) groups excluding carboxylic acids is 1. The minimum atomic E-state index is -1.06. The summed E-state index contributed by atoms with van der Waals surface area (Å²) >= 11 is 0. The molecular formula is C14H19NO5. The lowest BCUT2D eigenvalue weighted by Gasteiger charge is -2.23. The number of rotatable bonds is 4. The molecular weight excluding hydrogens is 262 g/mol. The van der Waals surface area contributed by atoms with Crippen molar-refractivity contribution >= 4 is 12.1 Å². The van der Waals surface area contributed by atoms with Crippen molar-refractivity contribution in [2.45, 2.75) is 38.8 Å². The zero-order chi connectivity index (χ0) is 15.3. The van der Waals surface area contributed by atoms with Crippen molar-refractivity contribution < 1.29 is 24.5 Å². The molecule has 0 aliphatic heterocycles. The van der Waals surface area contributed by atoms with Crippen LogP contribution >= 0.6 is 0 Å². The SMILES string of the molecule is CC(C)(C)OC(=O)NC(CC(=O)O)c1cccc(O)c1. The summed E-state index contributed by atoms with van der Waals surface area (Å²) in [5.74, 6) is -1.06. The summed E-state index contributed by atoms with van der Waals surface area (Å²) in [6, 6.07) is 5.32. The highest BCUT2D eigenvalue weighted by Gasteiger charge is 2.22. The maximum atomic E-state index is 11.7. The highest BCUT2D eigenvalue weighted by atomic mass is 16.6. The first-order chi connectivity index (χ1) is 9.17. The maximum absolute atomic E-state index is 11.7. The Morgan fingerprint density at radius 3 is 2.50 bits per heavy atom. The van der Waals surface area contributed by atoms with Crippen LogP contribution in [-0.4, -0.2) is 27.9 Å². The number of carboxylic acids is 1. The van der Waals surface area contributed by atoms with Gasteiger partial charge < -0.3 is 20.3 Å². The second-order valence-corrected chi connectivity index (χ2v) is 5.39. The van der Waals surface area contributed by atoms with Crippen LogP contribution in [0.1, 0.15) is 38.8 Å². The zero-order valence-corrected chi connectivity index (χ0v) is 11.7. The first-order valence-electron chi connectivity index (χ1n) is 6.17. The van der Waals surface area contributed by atoms with E-state index >= 15 is 0 Å². The molecule has 1 amide bonds. The van der Waals surface area contributed by atoms with Crippen LogP contribution in [0, 0.1) is 0 Å². The number of hydrogen-bond donors (Lipinski definition) is 3.